The van der Waals surface area contributed by atoms with E-state index in [0.717, 1.165) is 55.7 Å². The molecular formula is C16H22N6O. The average molecular weight is 314 g/mol. The topological polar surface area (TPSA) is 88.5 Å². The maximum atomic E-state index is 12.8. The van der Waals surface area contributed by atoms with Crippen LogP contribution in [0.2, 0.25) is 0 Å². The smallest absolute Gasteiger partial charge is 0.272 e. The second-order valence-electron chi connectivity index (χ2n) is 6.46. The van der Waals surface area contributed by atoms with E-state index >= 15 is 0 Å². The van der Waals surface area contributed by atoms with Gasteiger partial charge in [-0.15, -0.1) is 0 Å². The summed E-state index contributed by atoms with van der Waals surface area (Å²) >= 11 is 0. The first kappa shape index (κ1) is 14.4. The van der Waals surface area contributed by atoms with Crippen molar-refractivity contribution in [3.8, 4) is 0 Å². The number of nitrogens with one attached hydrogen (secondary N) is 2. The number of rotatable bonds is 5. The molecule has 0 saturated heterocycles. The van der Waals surface area contributed by atoms with Gasteiger partial charge in [0.1, 0.15) is 12.2 Å². The van der Waals surface area contributed by atoms with Crippen molar-refractivity contribution in [3.05, 3.63) is 29.1 Å². The highest BCUT2D eigenvalue weighted by Crippen LogP contribution is 2.40. The molecule has 23 heavy (non-hydrogen) atoms. The molecule has 1 amide bonds. The highest BCUT2D eigenvalue weighted by molar-refractivity contribution is 5.94. The van der Waals surface area contributed by atoms with Crippen molar-refractivity contribution in [2.75, 3.05) is 0 Å². The first-order chi connectivity index (χ1) is 11.3. The lowest BCUT2D eigenvalue weighted by atomic mass is 9.95. The number of carbonyl (C=O) groups is 1. The molecule has 2 aliphatic rings. The summed E-state index contributed by atoms with van der Waals surface area (Å²) in [5.41, 5.74) is 2.79. The fourth-order valence-electron chi connectivity index (χ4n) is 3.46. The minimum absolute atomic E-state index is 0.0686. The number of hydrogen-bond donors (Lipinski definition) is 2. The molecule has 0 aromatic carbocycles. The maximum absolute atomic E-state index is 12.8. The molecule has 7 heteroatoms. The molecule has 1 atom stereocenters. The molecule has 2 aliphatic carbocycles. The molecule has 0 unspecified atom stereocenters. The number of aromatic amines is 1. The number of carbonyl (C=O) groups excluding carboxylic acids is 1. The van der Waals surface area contributed by atoms with Crippen molar-refractivity contribution in [2.24, 2.45) is 5.92 Å². The molecule has 1 saturated carbocycles. The standard InChI is InChI=1S/C16H22N6O/c1-2-22-15(17-9-18-22)13(10-7-8-10)19-16(23)14-11-5-3-4-6-12(11)20-21-14/h9-10,13H,2-8H2,1H3,(H,19,23)(H,20,21)/t13-/m0/s1. The predicted molar refractivity (Wildman–Crippen MR) is 83.9 cm³/mol. The van der Waals surface area contributed by atoms with Crippen LogP contribution >= 0.6 is 0 Å². The van der Waals surface area contributed by atoms with Gasteiger partial charge in [-0.1, -0.05) is 0 Å². The number of hydrogen-bond acceptors (Lipinski definition) is 4. The molecule has 2 aromatic rings. The first-order valence-corrected chi connectivity index (χ1v) is 8.52. The third kappa shape index (κ3) is 2.64. The van der Waals surface area contributed by atoms with Gasteiger partial charge in [0.2, 0.25) is 0 Å². The number of aromatic nitrogens is 5. The van der Waals surface area contributed by atoms with Gasteiger partial charge in [-0.3, -0.25) is 9.89 Å². The van der Waals surface area contributed by atoms with Gasteiger partial charge < -0.3 is 5.32 Å². The average Bonchev–Trinajstić information content (AvgIpc) is 3.15. The fraction of sp³-hybridized carbons (Fsp3) is 0.625. The second-order valence-corrected chi connectivity index (χ2v) is 6.46. The second kappa shape index (κ2) is 5.79. The van der Waals surface area contributed by atoms with Crippen LogP contribution in [0.5, 0.6) is 0 Å². The fourth-order valence-corrected chi connectivity index (χ4v) is 3.46. The highest BCUT2D eigenvalue weighted by atomic mass is 16.2. The van der Waals surface area contributed by atoms with Crippen LogP contribution in [-0.4, -0.2) is 30.9 Å². The van der Waals surface area contributed by atoms with Crippen molar-refractivity contribution in [1.82, 2.24) is 30.3 Å². The highest BCUT2D eigenvalue weighted by Gasteiger charge is 2.37. The molecule has 7 nitrogen and oxygen atoms in total. The van der Waals surface area contributed by atoms with Crippen LogP contribution < -0.4 is 5.32 Å². The number of aryl methyl sites for hydroxylation is 2. The Morgan fingerprint density at radius 3 is 3.04 bits per heavy atom. The summed E-state index contributed by atoms with van der Waals surface area (Å²) in [6.45, 7) is 2.79. The lowest BCUT2D eigenvalue weighted by Gasteiger charge is -2.18. The molecule has 1 fully saturated rings. The summed E-state index contributed by atoms with van der Waals surface area (Å²) in [5, 5.41) is 14.7. The predicted octanol–water partition coefficient (Wildman–Crippen LogP) is 1.78. The van der Waals surface area contributed by atoms with Crippen LogP contribution in [0.3, 0.4) is 0 Å². The molecule has 0 spiro atoms. The number of fused-ring (bicyclic) bond motifs is 1. The summed E-state index contributed by atoms with van der Waals surface area (Å²) in [6, 6.07) is -0.0686. The van der Waals surface area contributed by atoms with E-state index in [1.54, 1.807) is 6.33 Å². The summed E-state index contributed by atoms with van der Waals surface area (Å²) < 4.78 is 1.86. The Morgan fingerprint density at radius 1 is 1.43 bits per heavy atom. The zero-order valence-electron chi connectivity index (χ0n) is 13.4. The minimum Gasteiger partial charge on any atom is -0.340 e. The van der Waals surface area contributed by atoms with Gasteiger partial charge in [0.05, 0.1) is 6.04 Å². The third-order valence-corrected chi connectivity index (χ3v) is 4.87. The van der Waals surface area contributed by atoms with Gasteiger partial charge in [0.25, 0.3) is 5.91 Å². The Labute approximate surface area is 134 Å². The molecular weight excluding hydrogens is 292 g/mol. The monoisotopic (exact) mass is 314 g/mol. The molecule has 2 N–H and O–H groups in total. The molecule has 0 bridgehead atoms. The zero-order chi connectivity index (χ0) is 15.8. The maximum Gasteiger partial charge on any atom is 0.272 e. The molecule has 2 aromatic heterocycles. The Hall–Kier alpha value is -2.18. The van der Waals surface area contributed by atoms with Crippen LogP contribution in [0.1, 0.15) is 66.2 Å². The van der Waals surface area contributed by atoms with Gasteiger partial charge in [-0.2, -0.15) is 10.2 Å². The number of nitrogens with zero attached hydrogens (tertiary/aromatic N) is 4. The van der Waals surface area contributed by atoms with Crippen molar-refractivity contribution >= 4 is 5.91 Å². The van der Waals surface area contributed by atoms with Crippen LogP contribution in [0.4, 0.5) is 0 Å². The van der Waals surface area contributed by atoms with Gasteiger partial charge in [0.15, 0.2) is 5.69 Å². The number of amides is 1. The van der Waals surface area contributed by atoms with E-state index in [2.05, 4.69) is 25.6 Å². The minimum atomic E-state index is -0.0908. The van der Waals surface area contributed by atoms with E-state index in [-0.39, 0.29) is 11.9 Å². The van der Waals surface area contributed by atoms with Crippen LogP contribution in [0.25, 0.3) is 0 Å². The lowest BCUT2D eigenvalue weighted by Crippen LogP contribution is -2.33. The molecule has 2 heterocycles. The lowest BCUT2D eigenvalue weighted by molar-refractivity contribution is 0.0922. The van der Waals surface area contributed by atoms with Crippen molar-refractivity contribution in [3.63, 3.8) is 0 Å². The van der Waals surface area contributed by atoms with Crippen LogP contribution in [0.15, 0.2) is 6.33 Å². The third-order valence-electron chi connectivity index (χ3n) is 4.87. The number of H-pyrrole nitrogens is 1. The van der Waals surface area contributed by atoms with Gasteiger partial charge >= 0.3 is 0 Å². The van der Waals surface area contributed by atoms with Crippen molar-refractivity contribution in [1.29, 1.82) is 0 Å². The van der Waals surface area contributed by atoms with Crippen molar-refractivity contribution < 1.29 is 4.79 Å². The molecule has 122 valence electrons. The van der Waals surface area contributed by atoms with E-state index in [1.807, 2.05) is 11.6 Å². The first-order valence-electron chi connectivity index (χ1n) is 8.52. The van der Waals surface area contributed by atoms with E-state index in [1.165, 1.54) is 6.42 Å². The Bertz CT molecular complexity index is 714. The van der Waals surface area contributed by atoms with Crippen LogP contribution in [0, 0.1) is 5.92 Å². The summed E-state index contributed by atoms with van der Waals surface area (Å²) in [6.07, 6.45) is 8.04. The van der Waals surface area contributed by atoms with E-state index in [0.29, 0.717) is 11.6 Å². The van der Waals surface area contributed by atoms with E-state index in [4.69, 9.17) is 0 Å². The van der Waals surface area contributed by atoms with Gasteiger partial charge in [0, 0.05) is 17.8 Å². The van der Waals surface area contributed by atoms with Gasteiger partial charge in [-0.05, 0) is 51.4 Å². The van der Waals surface area contributed by atoms with Crippen LogP contribution in [-0.2, 0) is 19.4 Å². The summed E-state index contributed by atoms with van der Waals surface area (Å²) in [5.74, 6) is 1.22. The zero-order valence-corrected chi connectivity index (χ0v) is 13.4. The summed E-state index contributed by atoms with van der Waals surface area (Å²) in [7, 11) is 0. The molecule has 0 aliphatic heterocycles. The molecule has 4 rings (SSSR count). The molecule has 0 radical (unpaired) electrons. The van der Waals surface area contributed by atoms with E-state index in [9.17, 15) is 4.79 Å². The van der Waals surface area contributed by atoms with Crippen molar-refractivity contribution in [2.45, 2.75) is 58.0 Å². The Balaban J connectivity index is 1.58. The largest absolute Gasteiger partial charge is 0.340 e. The normalized spacial score (nSPS) is 18.5. The van der Waals surface area contributed by atoms with E-state index < -0.39 is 0 Å². The SMILES string of the molecule is CCn1ncnc1[C@@H](NC(=O)c1n[nH]c2c1CCCC2)C1CC1. The summed E-state index contributed by atoms with van der Waals surface area (Å²) in [4.78, 5) is 17.1. The quantitative estimate of drug-likeness (QED) is 0.880. The Kier molecular flexibility index (Phi) is 3.63. The van der Waals surface area contributed by atoms with Gasteiger partial charge in [-0.25, -0.2) is 9.67 Å². The Morgan fingerprint density at radius 2 is 2.26 bits per heavy atom.